The summed E-state index contributed by atoms with van der Waals surface area (Å²) in [5.41, 5.74) is 0.327. The Morgan fingerprint density at radius 3 is 2.83 bits per heavy atom. The number of fused-ring (bicyclic) bond motifs is 1. The van der Waals surface area contributed by atoms with Crippen LogP contribution in [0.4, 0.5) is 0 Å². The van der Waals surface area contributed by atoms with Gasteiger partial charge in [0.15, 0.2) is 5.65 Å². The van der Waals surface area contributed by atoms with Crippen molar-refractivity contribution in [1.29, 1.82) is 0 Å². The summed E-state index contributed by atoms with van der Waals surface area (Å²) in [5, 5.41) is 4.49. The van der Waals surface area contributed by atoms with E-state index in [9.17, 15) is 9.59 Å². The topological polar surface area (TPSA) is 73.0 Å². The second-order valence-corrected chi connectivity index (χ2v) is 6.68. The van der Waals surface area contributed by atoms with Crippen LogP contribution in [0.25, 0.3) is 11.0 Å². The van der Waals surface area contributed by atoms with Crippen LogP contribution < -0.4 is 5.56 Å². The molecule has 1 saturated carbocycles. The minimum absolute atomic E-state index is 0.000269. The quantitative estimate of drug-likeness (QED) is 0.801. The zero-order valence-corrected chi connectivity index (χ0v) is 13.9. The Morgan fingerprint density at radius 1 is 1.43 bits per heavy atom. The molecule has 23 heavy (non-hydrogen) atoms. The average molecular weight is 317 g/mol. The Morgan fingerprint density at radius 2 is 2.17 bits per heavy atom. The molecule has 2 aromatic rings. The van der Waals surface area contributed by atoms with Gasteiger partial charge in [0.05, 0.1) is 6.20 Å². The van der Waals surface area contributed by atoms with Gasteiger partial charge in [0.25, 0.3) is 5.56 Å². The number of aromatic nitrogens is 4. The molecular formula is C16H23N5O2. The zero-order valence-electron chi connectivity index (χ0n) is 13.9. The number of amides is 1. The van der Waals surface area contributed by atoms with Gasteiger partial charge in [-0.15, -0.1) is 0 Å². The van der Waals surface area contributed by atoms with Gasteiger partial charge in [0.1, 0.15) is 18.3 Å². The lowest BCUT2D eigenvalue weighted by molar-refractivity contribution is -0.132. The molecule has 0 saturated heterocycles. The predicted octanol–water partition coefficient (Wildman–Crippen LogP) is 1.17. The van der Waals surface area contributed by atoms with Crippen LogP contribution in [0.1, 0.15) is 33.1 Å². The van der Waals surface area contributed by atoms with Gasteiger partial charge in [-0.1, -0.05) is 13.8 Å². The standard InChI is InChI=1S/C16H23N5O2/c1-11(2)6-7-21(12-4-5-12)14(22)9-20-10-17-15-13(16(20)23)8-18-19(15)3/h8,10-12H,4-7,9H2,1-3H3. The van der Waals surface area contributed by atoms with Crippen molar-refractivity contribution in [2.24, 2.45) is 13.0 Å². The van der Waals surface area contributed by atoms with Crippen molar-refractivity contribution in [3.05, 3.63) is 22.9 Å². The third-order valence-corrected chi connectivity index (χ3v) is 4.28. The minimum atomic E-state index is -0.212. The molecular weight excluding hydrogens is 294 g/mol. The molecule has 0 unspecified atom stereocenters. The highest BCUT2D eigenvalue weighted by Gasteiger charge is 2.32. The van der Waals surface area contributed by atoms with E-state index in [0.29, 0.717) is 23.0 Å². The van der Waals surface area contributed by atoms with E-state index in [0.717, 1.165) is 25.8 Å². The Balaban J connectivity index is 1.78. The number of rotatable bonds is 6. The molecule has 2 heterocycles. The number of hydrogen-bond acceptors (Lipinski definition) is 4. The maximum absolute atomic E-state index is 12.6. The molecule has 2 aromatic heterocycles. The first kappa shape index (κ1) is 15.7. The lowest BCUT2D eigenvalue weighted by atomic mass is 10.1. The third-order valence-electron chi connectivity index (χ3n) is 4.28. The van der Waals surface area contributed by atoms with E-state index >= 15 is 0 Å². The fraction of sp³-hybridized carbons (Fsp3) is 0.625. The summed E-state index contributed by atoms with van der Waals surface area (Å²) in [6.07, 6.45) is 6.06. The molecule has 124 valence electrons. The number of hydrogen-bond donors (Lipinski definition) is 0. The normalized spacial score (nSPS) is 14.6. The van der Waals surface area contributed by atoms with Crippen LogP contribution in [0.2, 0.25) is 0 Å². The molecule has 1 fully saturated rings. The summed E-state index contributed by atoms with van der Waals surface area (Å²) in [7, 11) is 1.74. The smallest absolute Gasteiger partial charge is 0.264 e. The number of carbonyl (C=O) groups excluding carboxylic acids is 1. The molecule has 0 spiro atoms. The van der Waals surface area contributed by atoms with Crippen molar-refractivity contribution in [2.75, 3.05) is 6.54 Å². The third kappa shape index (κ3) is 3.28. The van der Waals surface area contributed by atoms with Crippen molar-refractivity contribution in [2.45, 2.75) is 45.7 Å². The number of aryl methyl sites for hydroxylation is 1. The van der Waals surface area contributed by atoms with Gasteiger partial charge in [0, 0.05) is 19.6 Å². The molecule has 0 aliphatic heterocycles. The highest BCUT2D eigenvalue weighted by atomic mass is 16.2. The summed E-state index contributed by atoms with van der Waals surface area (Å²) in [6, 6.07) is 0.354. The van der Waals surface area contributed by atoms with Crippen LogP contribution >= 0.6 is 0 Å². The first-order valence-corrected chi connectivity index (χ1v) is 8.14. The Hall–Kier alpha value is -2.18. The molecule has 0 N–H and O–H groups in total. The highest BCUT2D eigenvalue weighted by molar-refractivity contribution is 5.78. The first-order chi connectivity index (χ1) is 11.0. The summed E-state index contributed by atoms with van der Waals surface area (Å²) < 4.78 is 2.94. The van der Waals surface area contributed by atoms with E-state index in [1.807, 2.05) is 4.90 Å². The SMILES string of the molecule is CC(C)CCN(C(=O)Cn1cnc2c(cnn2C)c1=O)C1CC1. The van der Waals surface area contributed by atoms with Gasteiger partial charge in [-0.2, -0.15) is 5.10 Å². The van der Waals surface area contributed by atoms with E-state index < -0.39 is 0 Å². The monoisotopic (exact) mass is 317 g/mol. The van der Waals surface area contributed by atoms with Gasteiger partial charge >= 0.3 is 0 Å². The molecule has 3 rings (SSSR count). The van der Waals surface area contributed by atoms with Crippen LogP contribution in [0.3, 0.4) is 0 Å². The Labute approximate surface area is 134 Å². The molecule has 7 heteroatoms. The van der Waals surface area contributed by atoms with Gasteiger partial charge in [-0.05, 0) is 25.2 Å². The van der Waals surface area contributed by atoms with Crippen molar-refractivity contribution in [1.82, 2.24) is 24.2 Å². The fourth-order valence-corrected chi connectivity index (χ4v) is 2.71. The molecule has 1 amide bonds. The number of carbonyl (C=O) groups is 1. The second kappa shape index (κ2) is 6.14. The van der Waals surface area contributed by atoms with Crippen LogP contribution in [-0.2, 0) is 18.4 Å². The van der Waals surface area contributed by atoms with Gasteiger partial charge in [0.2, 0.25) is 5.91 Å². The van der Waals surface area contributed by atoms with Crippen molar-refractivity contribution >= 4 is 16.9 Å². The molecule has 1 aliphatic rings. The lowest BCUT2D eigenvalue weighted by Gasteiger charge is -2.23. The van der Waals surface area contributed by atoms with E-state index in [-0.39, 0.29) is 18.0 Å². The van der Waals surface area contributed by atoms with Crippen molar-refractivity contribution in [3.63, 3.8) is 0 Å². The largest absolute Gasteiger partial charge is 0.338 e. The Bertz CT molecular complexity index is 772. The van der Waals surface area contributed by atoms with E-state index in [1.54, 1.807) is 11.7 Å². The summed E-state index contributed by atoms with van der Waals surface area (Å²) >= 11 is 0. The van der Waals surface area contributed by atoms with E-state index in [4.69, 9.17) is 0 Å². The molecule has 1 aliphatic carbocycles. The Kier molecular flexibility index (Phi) is 4.19. The first-order valence-electron chi connectivity index (χ1n) is 8.14. The van der Waals surface area contributed by atoms with Crippen molar-refractivity contribution < 1.29 is 4.79 Å². The molecule has 0 bridgehead atoms. The summed E-state index contributed by atoms with van der Waals surface area (Å²) in [5.74, 6) is 0.556. The van der Waals surface area contributed by atoms with Crippen LogP contribution in [0.5, 0.6) is 0 Å². The van der Waals surface area contributed by atoms with Gasteiger partial charge < -0.3 is 4.90 Å². The molecule has 7 nitrogen and oxygen atoms in total. The van der Waals surface area contributed by atoms with Gasteiger partial charge in [-0.3, -0.25) is 18.8 Å². The average Bonchev–Trinajstić information content (AvgIpc) is 3.25. The minimum Gasteiger partial charge on any atom is -0.338 e. The summed E-state index contributed by atoms with van der Waals surface area (Å²) in [4.78, 5) is 31.2. The van der Waals surface area contributed by atoms with E-state index in [2.05, 4.69) is 23.9 Å². The lowest BCUT2D eigenvalue weighted by Crippen LogP contribution is -2.39. The zero-order chi connectivity index (χ0) is 16.6. The fourth-order valence-electron chi connectivity index (χ4n) is 2.71. The maximum Gasteiger partial charge on any atom is 0.264 e. The molecule has 0 radical (unpaired) electrons. The molecule has 0 atom stereocenters. The second-order valence-electron chi connectivity index (χ2n) is 6.68. The van der Waals surface area contributed by atoms with E-state index in [1.165, 1.54) is 17.1 Å². The van der Waals surface area contributed by atoms with Crippen molar-refractivity contribution in [3.8, 4) is 0 Å². The van der Waals surface area contributed by atoms with Crippen LogP contribution in [-0.4, -0.2) is 42.7 Å². The van der Waals surface area contributed by atoms with Gasteiger partial charge in [-0.25, -0.2) is 4.98 Å². The summed E-state index contributed by atoms with van der Waals surface area (Å²) in [6.45, 7) is 5.12. The molecule has 0 aromatic carbocycles. The predicted molar refractivity (Wildman–Crippen MR) is 87.0 cm³/mol. The van der Waals surface area contributed by atoms with Crippen LogP contribution in [0.15, 0.2) is 17.3 Å². The number of nitrogens with zero attached hydrogens (tertiary/aromatic N) is 5. The maximum atomic E-state index is 12.6. The van der Waals surface area contributed by atoms with Crippen LogP contribution in [0, 0.1) is 5.92 Å². The highest BCUT2D eigenvalue weighted by Crippen LogP contribution is 2.27.